The number of nitro benzene ring substituents is 1. The van der Waals surface area contributed by atoms with Crippen molar-refractivity contribution in [2.45, 2.75) is 26.3 Å². The van der Waals surface area contributed by atoms with Crippen LogP contribution in [0.2, 0.25) is 0 Å². The van der Waals surface area contributed by atoms with E-state index >= 15 is 0 Å². The first-order valence-electron chi connectivity index (χ1n) is 6.30. The summed E-state index contributed by atoms with van der Waals surface area (Å²) in [7, 11) is 0. The molecule has 1 aromatic carbocycles. The van der Waals surface area contributed by atoms with E-state index < -0.39 is 22.3 Å². The third kappa shape index (κ3) is 5.65. The smallest absolute Gasteiger partial charge is 0.272 e. The van der Waals surface area contributed by atoms with Gasteiger partial charge in [-0.2, -0.15) is 0 Å². The molecule has 0 spiro atoms. The molecule has 0 fully saturated rings. The van der Waals surface area contributed by atoms with Crippen LogP contribution < -0.4 is 11.1 Å². The molecule has 118 valence electrons. The zero-order valence-electron chi connectivity index (χ0n) is 11.8. The molecule has 6 nitrogen and oxygen atoms in total. The number of hydrogen-bond acceptors (Lipinski definition) is 4. The number of halogens is 2. The van der Waals surface area contributed by atoms with Crippen LogP contribution >= 0.6 is 12.4 Å². The van der Waals surface area contributed by atoms with Crippen molar-refractivity contribution in [3.8, 4) is 0 Å². The third-order valence-electron chi connectivity index (χ3n) is 2.78. The molecule has 0 saturated heterocycles. The molecule has 1 rings (SSSR count). The molecule has 0 heterocycles. The summed E-state index contributed by atoms with van der Waals surface area (Å²) in [5, 5.41) is 13.1. The zero-order valence-corrected chi connectivity index (χ0v) is 12.7. The van der Waals surface area contributed by atoms with E-state index in [0.29, 0.717) is 12.3 Å². The maximum Gasteiger partial charge on any atom is 0.272 e. The lowest BCUT2D eigenvalue weighted by atomic mass is 10.0. The number of nitrogens with one attached hydrogen (secondary N) is 1. The Bertz CT molecular complexity index is 511. The fraction of sp³-hybridized carbons (Fsp3) is 0.462. The lowest BCUT2D eigenvalue weighted by Crippen LogP contribution is -2.41. The molecule has 1 amide bonds. The van der Waals surface area contributed by atoms with Gasteiger partial charge in [0.2, 0.25) is 0 Å². The first kappa shape index (κ1) is 19.3. The van der Waals surface area contributed by atoms with Gasteiger partial charge in [-0.15, -0.1) is 12.4 Å². The fourth-order valence-electron chi connectivity index (χ4n) is 1.85. The molecule has 0 aliphatic rings. The van der Waals surface area contributed by atoms with Gasteiger partial charge in [-0.05, 0) is 18.4 Å². The van der Waals surface area contributed by atoms with Gasteiger partial charge >= 0.3 is 0 Å². The molecule has 0 aliphatic heterocycles. The number of carbonyl (C=O) groups is 1. The summed E-state index contributed by atoms with van der Waals surface area (Å²) in [6, 6.07) is 2.68. The SMILES string of the molecule is CC(C)CC(CN)NC(=O)c1ccc([N+](=O)[O-])cc1F.Cl. The third-order valence-corrected chi connectivity index (χ3v) is 2.78. The number of nitrogens with zero attached hydrogens (tertiary/aromatic N) is 1. The van der Waals surface area contributed by atoms with Crippen molar-refractivity contribution in [2.24, 2.45) is 11.7 Å². The van der Waals surface area contributed by atoms with Gasteiger partial charge in [0.15, 0.2) is 0 Å². The zero-order chi connectivity index (χ0) is 15.3. The minimum absolute atomic E-state index is 0. The molecule has 1 unspecified atom stereocenters. The highest BCUT2D eigenvalue weighted by atomic mass is 35.5. The first-order chi connectivity index (χ1) is 9.35. The van der Waals surface area contributed by atoms with Crippen molar-refractivity contribution in [3.05, 3.63) is 39.7 Å². The maximum absolute atomic E-state index is 13.7. The molecule has 0 aromatic heterocycles. The largest absolute Gasteiger partial charge is 0.348 e. The van der Waals surface area contributed by atoms with Crippen LogP contribution in [0.25, 0.3) is 0 Å². The number of rotatable bonds is 6. The highest BCUT2D eigenvalue weighted by molar-refractivity contribution is 5.94. The predicted molar refractivity (Wildman–Crippen MR) is 80.1 cm³/mol. The maximum atomic E-state index is 13.7. The fourth-order valence-corrected chi connectivity index (χ4v) is 1.85. The van der Waals surface area contributed by atoms with Crippen molar-refractivity contribution in [1.29, 1.82) is 0 Å². The monoisotopic (exact) mass is 319 g/mol. The molecule has 0 saturated carbocycles. The summed E-state index contributed by atoms with van der Waals surface area (Å²) < 4.78 is 13.7. The first-order valence-corrected chi connectivity index (χ1v) is 6.30. The van der Waals surface area contributed by atoms with E-state index in [4.69, 9.17) is 5.73 Å². The highest BCUT2D eigenvalue weighted by Crippen LogP contribution is 2.17. The topological polar surface area (TPSA) is 98.3 Å². The Morgan fingerprint density at radius 2 is 2.10 bits per heavy atom. The molecule has 8 heteroatoms. The summed E-state index contributed by atoms with van der Waals surface area (Å²) in [6.45, 7) is 4.22. The molecule has 0 bridgehead atoms. The van der Waals surface area contributed by atoms with Gasteiger partial charge in [-0.1, -0.05) is 13.8 Å². The van der Waals surface area contributed by atoms with Crippen molar-refractivity contribution in [3.63, 3.8) is 0 Å². The standard InChI is InChI=1S/C13H18FN3O3.ClH/c1-8(2)5-9(7-15)16-13(18)11-4-3-10(17(19)20)6-12(11)14;/h3-4,6,8-9H,5,7,15H2,1-2H3,(H,16,18);1H. The van der Waals surface area contributed by atoms with Gasteiger partial charge in [0.05, 0.1) is 16.6 Å². The minimum atomic E-state index is -0.919. The van der Waals surface area contributed by atoms with Crippen LogP contribution in [0, 0.1) is 21.8 Å². The van der Waals surface area contributed by atoms with Gasteiger partial charge < -0.3 is 11.1 Å². The Hall–Kier alpha value is -1.73. The lowest BCUT2D eigenvalue weighted by molar-refractivity contribution is -0.385. The second-order valence-electron chi connectivity index (χ2n) is 4.96. The quantitative estimate of drug-likeness (QED) is 0.620. The number of nitrogens with two attached hydrogens (primary N) is 1. The average molecular weight is 320 g/mol. The molecule has 1 atom stereocenters. The van der Waals surface area contributed by atoms with Gasteiger partial charge in [-0.3, -0.25) is 14.9 Å². The van der Waals surface area contributed by atoms with Crippen LogP contribution in [0.1, 0.15) is 30.6 Å². The number of benzene rings is 1. The molecule has 0 radical (unpaired) electrons. The predicted octanol–water partition coefficient (Wildman–Crippen LogP) is 2.26. The molecular weight excluding hydrogens is 301 g/mol. The van der Waals surface area contributed by atoms with Crippen LogP contribution in [-0.2, 0) is 0 Å². The van der Waals surface area contributed by atoms with Crippen LogP contribution in [0.4, 0.5) is 10.1 Å². The van der Waals surface area contributed by atoms with E-state index in [-0.39, 0.29) is 30.6 Å². The number of carbonyl (C=O) groups excluding carboxylic acids is 1. The Labute approximate surface area is 128 Å². The van der Waals surface area contributed by atoms with E-state index in [9.17, 15) is 19.3 Å². The van der Waals surface area contributed by atoms with Crippen LogP contribution in [0.5, 0.6) is 0 Å². The van der Waals surface area contributed by atoms with Crippen molar-refractivity contribution in [2.75, 3.05) is 6.54 Å². The Balaban J connectivity index is 0.00000400. The summed E-state index contributed by atoms with van der Waals surface area (Å²) >= 11 is 0. The van der Waals surface area contributed by atoms with E-state index in [1.54, 1.807) is 0 Å². The van der Waals surface area contributed by atoms with Crippen LogP contribution in [0.3, 0.4) is 0 Å². The highest BCUT2D eigenvalue weighted by Gasteiger charge is 2.19. The molecule has 0 aliphatic carbocycles. The molecule has 1 aromatic rings. The second-order valence-corrected chi connectivity index (χ2v) is 4.96. The Morgan fingerprint density at radius 1 is 1.48 bits per heavy atom. The van der Waals surface area contributed by atoms with E-state index in [1.807, 2.05) is 13.8 Å². The van der Waals surface area contributed by atoms with Crippen molar-refractivity contribution >= 4 is 24.0 Å². The second kappa shape index (κ2) is 8.53. The normalized spacial score (nSPS) is 11.7. The molecule has 21 heavy (non-hydrogen) atoms. The lowest BCUT2D eigenvalue weighted by Gasteiger charge is -2.18. The van der Waals surface area contributed by atoms with Crippen LogP contribution in [-0.4, -0.2) is 23.4 Å². The summed E-state index contributed by atoms with van der Waals surface area (Å²) in [5.74, 6) is -1.20. The summed E-state index contributed by atoms with van der Waals surface area (Å²) in [5.41, 5.74) is 4.94. The van der Waals surface area contributed by atoms with Gasteiger partial charge in [0, 0.05) is 18.7 Å². The number of hydrogen-bond donors (Lipinski definition) is 2. The minimum Gasteiger partial charge on any atom is -0.348 e. The number of amides is 1. The van der Waals surface area contributed by atoms with E-state index in [0.717, 1.165) is 18.2 Å². The molecule has 3 N–H and O–H groups in total. The summed E-state index contributed by atoms with van der Waals surface area (Å²) in [6.07, 6.45) is 0.677. The van der Waals surface area contributed by atoms with Crippen LogP contribution in [0.15, 0.2) is 18.2 Å². The number of non-ortho nitro benzene ring substituents is 1. The van der Waals surface area contributed by atoms with Gasteiger partial charge in [0.1, 0.15) is 5.82 Å². The van der Waals surface area contributed by atoms with Gasteiger partial charge in [-0.25, -0.2) is 4.39 Å². The van der Waals surface area contributed by atoms with Gasteiger partial charge in [0.25, 0.3) is 11.6 Å². The Morgan fingerprint density at radius 3 is 2.52 bits per heavy atom. The number of nitro groups is 1. The van der Waals surface area contributed by atoms with Crippen molar-refractivity contribution < 1.29 is 14.1 Å². The van der Waals surface area contributed by atoms with E-state index in [2.05, 4.69) is 5.32 Å². The Kier molecular flexibility index (Phi) is 7.83. The average Bonchev–Trinajstić information content (AvgIpc) is 2.36. The van der Waals surface area contributed by atoms with E-state index in [1.165, 1.54) is 0 Å². The molecular formula is C13H19ClFN3O3. The van der Waals surface area contributed by atoms with Crippen molar-refractivity contribution in [1.82, 2.24) is 5.32 Å². The summed E-state index contributed by atoms with van der Waals surface area (Å²) in [4.78, 5) is 21.7.